The zero-order chi connectivity index (χ0) is 12.1. The number of sulfone groups is 1. The Labute approximate surface area is 92.2 Å². The lowest BCUT2D eigenvalue weighted by molar-refractivity contribution is -0.136. The largest absolute Gasteiger partial charge is 0.480 e. The zero-order valence-electron chi connectivity index (χ0n) is 8.80. The molecule has 0 bridgehead atoms. The summed E-state index contributed by atoms with van der Waals surface area (Å²) < 4.78 is 33.1. The van der Waals surface area contributed by atoms with Crippen molar-refractivity contribution in [3.63, 3.8) is 0 Å². The van der Waals surface area contributed by atoms with Gasteiger partial charge >= 0.3 is 5.97 Å². The Hall–Kier alpha value is -0.430. The van der Waals surface area contributed by atoms with Gasteiger partial charge in [-0.25, -0.2) is 8.42 Å². The monoisotopic (exact) mass is 256 g/mol. The smallest absolute Gasteiger partial charge is 0.319 e. The normalized spacial score (nSPS) is 15.9. The van der Waals surface area contributed by atoms with E-state index >= 15 is 0 Å². The standard InChI is InChI=1S/C8H16O5S2/c1-3-4-7(8(9)10)14(11)5-6-15(2,12)13/h7H,3-6H2,1-2H3,(H,9,10). The zero-order valence-corrected chi connectivity index (χ0v) is 10.4. The van der Waals surface area contributed by atoms with Crippen LogP contribution in [-0.2, 0) is 25.4 Å². The SMILES string of the molecule is CCCC(C(=O)O)S(=O)CCS(C)(=O)=O. The van der Waals surface area contributed by atoms with Crippen molar-refractivity contribution in [3.05, 3.63) is 0 Å². The van der Waals surface area contributed by atoms with Crippen molar-refractivity contribution < 1.29 is 22.5 Å². The first-order valence-electron chi connectivity index (χ1n) is 4.55. The van der Waals surface area contributed by atoms with Gasteiger partial charge < -0.3 is 5.11 Å². The molecule has 0 rings (SSSR count). The van der Waals surface area contributed by atoms with Crippen molar-refractivity contribution in [1.82, 2.24) is 0 Å². The van der Waals surface area contributed by atoms with Gasteiger partial charge in [-0.05, 0) is 6.42 Å². The van der Waals surface area contributed by atoms with Crippen LogP contribution in [0.15, 0.2) is 0 Å². The maximum absolute atomic E-state index is 11.5. The van der Waals surface area contributed by atoms with E-state index in [1.165, 1.54) is 0 Å². The fourth-order valence-corrected chi connectivity index (χ4v) is 3.88. The maximum atomic E-state index is 11.5. The van der Waals surface area contributed by atoms with Crippen molar-refractivity contribution in [1.29, 1.82) is 0 Å². The number of hydrogen-bond donors (Lipinski definition) is 1. The van der Waals surface area contributed by atoms with Crippen LogP contribution in [-0.4, -0.2) is 46.7 Å². The molecule has 1 N–H and O–H groups in total. The van der Waals surface area contributed by atoms with Crippen LogP contribution in [0.2, 0.25) is 0 Å². The summed E-state index contributed by atoms with van der Waals surface area (Å²) >= 11 is 0. The van der Waals surface area contributed by atoms with Crippen molar-refractivity contribution >= 4 is 26.6 Å². The molecule has 0 aromatic rings. The Balaban J connectivity index is 4.33. The van der Waals surface area contributed by atoms with Crippen LogP contribution < -0.4 is 0 Å². The highest BCUT2D eigenvalue weighted by molar-refractivity contribution is 7.92. The van der Waals surface area contributed by atoms with Gasteiger partial charge in [-0.3, -0.25) is 9.00 Å². The first-order chi connectivity index (χ1) is 6.78. The molecule has 7 heteroatoms. The molecule has 0 aliphatic heterocycles. The number of aliphatic carboxylic acids is 1. The second-order valence-electron chi connectivity index (χ2n) is 3.33. The molecule has 0 amide bonds. The highest BCUT2D eigenvalue weighted by atomic mass is 32.2. The molecule has 0 fully saturated rings. The molecule has 0 saturated heterocycles. The lowest BCUT2D eigenvalue weighted by Gasteiger charge is -2.10. The van der Waals surface area contributed by atoms with Crippen molar-refractivity contribution in [2.24, 2.45) is 0 Å². The summed E-state index contributed by atoms with van der Waals surface area (Å²) in [6.07, 6.45) is 1.97. The van der Waals surface area contributed by atoms with Crippen LogP contribution in [0.5, 0.6) is 0 Å². The Kier molecular flexibility index (Phi) is 6.04. The van der Waals surface area contributed by atoms with Gasteiger partial charge in [-0.1, -0.05) is 13.3 Å². The predicted molar refractivity (Wildman–Crippen MR) is 59.1 cm³/mol. The minimum absolute atomic E-state index is 0.101. The summed E-state index contributed by atoms with van der Waals surface area (Å²) in [5.74, 6) is -1.45. The van der Waals surface area contributed by atoms with E-state index in [0.29, 0.717) is 12.8 Å². The summed E-state index contributed by atoms with van der Waals surface area (Å²) in [5.41, 5.74) is 0. The molecule has 15 heavy (non-hydrogen) atoms. The average molecular weight is 256 g/mol. The third-order valence-corrected chi connectivity index (χ3v) is 4.68. The molecule has 2 atom stereocenters. The van der Waals surface area contributed by atoms with Crippen LogP contribution in [0.3, 0.4) is 0 Å². The van der Waals surface area contributed by atoms with E-state index in [1.807, 2.05) is 0 Å². The molecular weight excluding hydrogens is 240 g/mol. The molecule has 90 valence electrons. The molecule has 0 spiro atoms. The van der Waals surface area contributed by atoms with Gasteiger partial charge in [0.05, 0.1) is 5.75 Å². The van der Waals surface area contributed by atoms with E-state index in [-0.39, 0.29) is 11.5 Å². The van der Waals surface area contributed by atoms with Gasteiger partial charge in [-0.2, -0.15) is 0 Å². The minimum Gasteiger partial charge on any atom is -0.480 e. The van der Waals surface area contributed by atoms with E-state index in [2.05, 4.69) is 0 Å². The Bertz CT molecular complexity index is 333. The second-order valence-corrected chi connectivity index (χ2v) is 7.33. The van der Waals surface area contributed by atoms with Crippen molar-refractivity contribution in [2.45, 2.75) is 25.0 Å². The fraction of sp³-hybridized carbons (Fsp3) is 0.875. The average Bonchev–Trinajstić information content (AvgIpc) is 2.08. The van der Waals surface area contributed by atoms with E-state index in [9.17, 15) is 17.4 Å². The minimum atomic E-state index is -3.18. The first kappa shape index (κ1) is 14.6. The van der Waals surface area contributed by atoms with E-state index in [1.54, 1.807) is 6.92 Å². The molecule has 0 aromatic carbocycles. The number of carboxylic acid groups (broad SMARTS) is 1. The first-order valence-corrected chi connectivity index (χ1v) is 8.00. The Morgan fingerprint density at radius 3 is 2.33 bits per heavy atom. The Morgan fingerprint density at radius 2 is 2.00 bits per heavy atom. The van der Waals surface area contributed by atoms with Gasteiger partial charge in [-0.15, -0.1) is 0 Å². The number of carbonyl (C=O) groups is 1. The summed E-state index contributed by atoms with van der Waals surface area (Å²) in [5, 5.41) is 7.81. The molecule has 0 aromatic heterocycles. The van der Waals surface area contributed by atoms with Crippen LogP contribution >= 0.6 is 0 Å². The third-order valence-electron chi connectivity index (χ3n) is 1.80. The van der Waals surface area contributed by atoms with Gasteiger partial charge in [0.2, 0.25) is 0 Å². The molecule has 0 aliphatic carbocycles. The maximum Gasteiger partial charge on any atom is 0.319 e. The topological polar surface area (TPSA) is 88.5 Å². The quantitative estimate of drug-likeness (QED) is 0.694. The summed E-state index contributed by atoms with van der Waals surface area (Å²) in [6.45, 7) is 1.80. The lowest BCUT2D eigenvalue weighted by atomic mass is 10.2. The second kappa shape index (κ2) is 6.22. The van der Waals surface area contributed by atoms with E-state index < -0.39 is 31.9 Å². The summed E-state index contributed by atoms with van der Waals surface area (Å²) in [6, 6.07) is 0. The van der Waals surface area contributed by atoms with Gasteiger partial charge in [0.15, 0.2) is 0 Å². The number of carboxylic acids is 1. The molecule has 0 saturated carbocycles. The van der Waals surface area contributed by atoms with E-state index in [4.69, 9.17) is 5.11 Å². The molecule has 5 nitrogen and oxygen atoms in total. The molecule has 0 aliphatic rings. The molecule has 2 unspecified atom stereocenters. The Morgan fingerprint density at radius 1 is 1.47 bits per heavy atom. The fourth-order valence-electron chi connectivity index (χ4n) is 1.01. The van der Waals surface area contributed by atoms with Gasteiger partial charge in [0, 0.05) is 22.8 Å². The van der Waals surface area contributed by atoms with Crippen molar-refractivity contribution in [2.75, 3.05) is 17.8 Å². The van der Waals surface area contributed by atoms with Gasteiger partial charge in [0.1, 0.15) is 15.1 Å². The van der Waals surface area contributed by atoms with Crippen LogP contribution in [0.4, 0.5) is 0 Å². The van der Waals surface area contributed by atoms with Gasteiger partial charge in [0.25, 0.3) is 0 Å². The predicted octanol–water partition coefficient (Wildman–Crippen LogP) is 0.0330. The van der Waals surface area contributed by atoms with Crippen LogP contribution in [0, 0.1) is 0 Å². The van der Waals surface area contributed by atoms with Crippen molar-refractivity contribution in [3.8, 4) is 0 Å². The van der Waals surface area contributed by atoms with Crippen LogP contribution in [0.1, 0.15) is 19.8 Å². The lowest BCUT2D eigenvalue weighted by Crippen LogP contribution is -2.29. The molecule has 0 heterocycles. The highest BCUT2D eigenvalue weighted by Gasteiger charge is 2.24. The van der Waals surface area contributed by atoms with Crippen LogP contribution in [0.25, 0.3) is 0 Å². The summed E-state index contributed by atoms with van der Waals surface area (Å²) in [7, 11) is -4.79. The summed E-state index contributed by atoms with van der Waals surface area (Å²) in [4.78, 5) is 10.7. The van der Waals surface area contributed by atoms with E-state index in [0.717, 1.165) is 6.26 Å². The molecule has 0 radical (unpaired) electrons. The third kappa shape index (κ3) is 6.62. The molecular formula is C8H16O5S2. The highest BCUT2D eigenvalue weighted by Crippen LogP contribution is 2.06. The number of hydrogen-bond acceptors (Lipinski definition) is 4. The number of rotatable bonds is 7.